The fourth-order valence-corrected chi connectivity index (χ4v) is 2.17. The van der Waals surface area contributed by atoms with Gasteiger partial charge in [-0.15, -0.1) is 0 Å². The molecule has 4 nitrogen and oxygen atoms in total. The molecule has 2 aliphatic carbocycles. The molecule has 2 saturated carbocycles. The maximum Gasteiger partial charge on any atom is 0.307 e. The lowest BCUT2D eigenvalue weighted by Gasteiger charge is -1.98. The van der Waals surface area contributed by atoms with Gasteiger partial charge in [-0.05, 0) is 18.3 Å². The van der Waals surface area contributed by atoms with Gasteiger partial charge in [-0.1, -0.05) is 0 Å². The summed E-state index contributed by atoms with van der Waals surface area (Å²) in [5.41, 5.74) is 0.0152. The Kier molecular flexibility index (Phi) is 1.62. The van der Waals surface area contributed by atoms with Crippen molar-refractivity contribution in [3.63, 3.8) is 0 Å². The molecular weight excluding hydrogens is 172 g/mol. The second-order valence-corrected chi connectivity index (χ2v) is 4.03. The Labute approximate surface area is 75.9 Å². The molecule has 0 saturated heterocycles. The van der Waals surface area contributed by atoms with E-state index in [9.17, 15) is 9.59 Å². The molecule has 1 spiro atoms. The zero-order chi connectivity index (χ0) is 9.64. The van der Waals surface area contributed by atoms with Crippen LogP contribution in [0.2, 0.25) is 0 Å². The van der Waals surface area contributed by atoms with Crippen LogP contribution in [0.4, 0.5) is 0 Å². The van der Waals surface area contributed by atoms with Gasteiger partial charge in [0.1, 0.15) is 0 Å². The summed E-state index contributed by atoms with van der Waals surface area (Å²) in [6, 6.07) is 0. The lowest BCUT2D eigenvalue weighted by atomic mass is 10.2. The van der Waals surface area contributed by atoms with Crippen LogP contribution < -0.4 is 0 Å². The van der Waals surface area contributed by atoms with Gasteiger partial charge in [0.25, 0.3) is 0 Å². The molecule has 3 atom stereocenters. The molecule has 0 amide bonds. The molecule has 0 bridgehead atoms. The number of rotatable bonds is 3. The fourth-order valence-electron chi connectivity index (χ4n) is 2.17. The third kappa shape index (κ3) is 1.30. The van der Waals surface area contributed by atoms with Crippen molar-refractivity contribution >= 4 is 11.9 Å². The van der Waals surface area contributed by atoms with E-state index in [2.05, 4.69) is 0 Å². The minimum atomic E-state index is -0.703. The number of hydrogen-bond acceptors (Lipinski definition) is 3. The standard InChI is InChI=1S/C9H12O4/c1-5(10)13-4-6-2-9(6)3-7(9)8(11)12/h6-7H,2-4H2,1H3,(H,11,12)/t6-,7+,9+/m0/s1. The number of carbonyl (C=O) groups excluding carboxylic acids is 1. The third-order valence-electron chi connectivity index (χ3n) is 3.18. The summed E-state index contributed by atoms with van der Waals surface area (Å²) in [4.78, 5) is 21.1. The Morgan fingerprint density at radius 2 is 2.23 bits per heavy atom. The fraction of sp³-hybridized carbons (Fsp3) is 0.778. The lowest BCUT2D eigenvalue weighted by molar-refractivity contribution is -0.141. The van der Waals surface area contributed by atoms with Gasteiger partial charge < -0.3 is 9.84 Å². The van der Waals surface area contributed by atoms with E-state index in [0.29, 0.717) is 12.5 Å². The summed E-state index contributed by atoms with van der Waals surface area (Å²) in [6.45, 7) is 1.77. The predicted octanol–water partition coefficient (Wildman–Crippen LogP) is 0.660. The largest absolute Gasteiger partial charge is 0.481 e. The highest BCUT2D eigenvalue weighted by Gasteiger charge is 2.73. The van der Waals surface area contributed by atoms with Crippen molar-refractivity contribution in [3.8, 4) is 0 Å². The van der Waals surface area contributed by atoms with Gasteiger partial charge in [0.2, 0.25) is 0 Å². The number of esters is 1. The van der Waals surface area contributed by atoms with Crippen LogP contribution in [0.25, 0.3) is 0 Å². The van der Waals surface area contributed by atoms with Crippen molar-refractivity contribution < 1.29 is 19.4 Å². The molecular formula is C9H12O4. The SMILES string of the molecule is CC(=O)OC[C@@H]1C[C@@]12C[C@@H]2C(=O)O. The number of ether oxygens (including phenoxy) is 1. The van der Waals surface area contributed by atoms with Gasteiger partial charge in [-0.2, -0.15) is 0 Å². The summed E-state index contributed by atoms with van der Waals surface area (Å²) >= 11 is 0. The van der Waals surface area contributed by atoms with Crippen LogP contribution >= 0.6 is 0 Å². The first kappa shape index (κ1) is 8.53. The first-order chi connectivity index (χ1) is 6.06. The summed E-state index contributed by atoms with van der Waals surface area (Å²) in [6.07, 6.45) is 1.69. The van der Waals surface area contributed by atoms with Gasteiger partial charge in [-0.3, -0.25) is 9.59 Å². The molecule has 72 valence electrons. The number of hydrogen-bond donors (Lipinski definition) is 1. The van der Waals surface area contributed by atoms with Crippen LogP contribution in [-0.2, 0) is 14.3 Å². The summed E-state index contributed by atoms with van der Waals surface area (Å²) in [5.74, 6) is -0.856. The molecule has 2 rings (SSSR count). The van der Waals surface area contributed by atoms with Gasteiger partial charge in [-0.25, -0.2) is 0 Å². The smallest absolute Gasteiger partial charge is 0.307 e. The lowest BCUT2D eigenvalue weighted by Crippen LogP contribution is -2.06. The van der Waals surface area contributed by atoms with Crippen molar-refractivity contribution in [2.75, 3.05) is 6.61 Å². The normalized spacial score (nSPS) is 40.1. The minimum absolute atomic E-state index is 0.0152. The maximum absolute atomic E-state index is 10.6. The predicted molar refractivity (Wildman–Crippen MR) is 42.9 cm³/mol. The molecule has 0 unspecified atom stereocenters. The first-order valence-electron chi connectivity index (χ1n) is 4.42. The summed E-state index contributed by atoms with van der Waals surface area (Å²) in [5, 5.41) is 8.72. The number of carbonyl (C=O) groups is 2. The zero-order valence-corrected chi connectivity index (χ0v) is 7.45. The molecule has 1 N–H and O–H groups in total. The maximum atomic E-state index is 10.6. The van der Waals surface area contributed by atoms with Gasteiger partial charge in [0, 0.05) is 12.8 Å². The molecule has 13 heavy (non-hydrogen) atoms. The molecule has 2 aliphatic rings. The van der Waals surface area contributed by atoms with Gasteiger partial charge in [0.05, 0.1) is 12.5 Å². The number of aliphatic carboxylic acids is 1. The quantitative estimate of drug-likeness (QED) is 0.654. The Hall–Kier alpha value is -1.06. The average molecular weight is 184 g/mol. The molecule has 0 radical (unpaired) electrons. The Balaban J connectivity index is 1.78. The van der Waals surface area contributed by atoms with E-state index in [-0.39, 0.29) is 17.3 Å². The Morgan fingerprint density at radius 1 is 1.54 bits per heavy atom. The van der Waals surface area contributed by atoms with E-state index < -0.39 is 5.97 Å². The second kappa shape index (κ2) is 2.47. The van der Waals surface area contributed by atoms with E-state index in [1.807, 2.05) is 0 Å². The first-order valence-corrected chi connectivity index (χ1v) is 4.42. The van der Waals surface area contributed by atoms with E-state index in [0.717, 1.165) is 12.8 Å². The van der Waals surface area contributed by atoms with E-state index in [1.165, 1.54) is 6.92 Å². The van der Waals surface area contributed by atoms with Crippen molar-refractivity contribution in [2.24, 2.45) is 17.3 Å². The van der Waals surface area contributed by atoms with Crippen molar-refractivity contribution in [2.45, 2.75) is 19.8 Å². The highest BCUT2D eigenvalue weighted by molar-refractivity contribution is 5.76. The summed E-state index contributed by atoms with van der Waals surface area (Å²) < 4.78 is 4.84. The molecule has 4 heteroatoms. The zero-order valence-electron chi connectivity index (χ0n) is 7.45. The van der Waals surface area contributed by atoms with Crippen molar-refractivity contribution in [3.05, 3.63) is 0 Å². The molecule has 0 aromatic rings. The molecule has 0 aromatic heterocycles. The Bertz CT molecular complexity index is 273. The van der Waals surface area contributed by atoms with Gasteiger partial charge >= 0.3 is 11.9 Å². The number of carboxylic acids is 1. The van der Waals surface area contributed by atoms with Crippen LogP contribution in [0.15, 0.2) is 0 Å². The van der Waals surface area contributed by atoms with Gasteiger partial charge in [0.15, 0.2) is 0 Å². The van der Waals surface area contributed by atoms with E-state index >= 15 is 0 Å². The van der Waals surface area contributed by atoms with E-state index in [4.69, 9.17) is 9.84 Å². The summed E-state index contributed by atoms with van der Waals surface area (Å²) in [7, 11) is 0. The molecule has 0 heterocycles. The van der Waals surface area contributed by atoms with Crippen LogP contribution in [0.3, 0.4) is 0 Å². The highest BCUT2D eigenvalue weighted by Crippen LogP contribution is 2.74. The van der Waals surface area contributed by atoms with Crippen molar-refractivity contribution in [1.82, 2.24) is 0 Å². The third-order valence-corrected chi connectivity index (χ3v) is 3.18. The Morgan fingerprint density at radius 3 is 2.69 bits per heavy atom. The van der Waals surface area contributed by atoms with E-state index in [1.54, 1.807) is 0 Å². The molecule has 0 aromatic carbocycles. The van der Waals surface area contributed by atoms with Crippen LogP contribution in [-0.4, -0.2) is 23.7 Å². The van der Waals surface area contributed by atoms with Crippen LogP contribution in [0.5, 0.6) is 0 Å². The van der Waals surface area contributed by atoms with Crippen LogP contribution in [0.1, 0.15) is 19.8 Å². The highest BCUT2D eigenvalue weighted by atomic mass is 16.5. The number of carboxylic acid groups (broad SMARTS) is 1. The molecule has 2 fully saturated rings. The van der Waals surface area contributed by atoms with Crippen LogP contribution in [0, 0.1) is 17.3 Å². The topological polar surface area (TPSA) is 63.6 Å². The average Bonchev–Trinajstić information content (AvgIpc) is 2.88. The minimum Gasteiger partial charge on any atom is -0.481 e. The monoisotopic (exact) mass is 184 g/mol. The molecule has 0 aliphatic heterocycles. The van der Waals surface area contributed by atoms with Crippen molar-refractivity contribution in [1.29, 1.82) is 0 Å². The second-order valence-electron chi connectivity index (χ2n) is 4.03.